The van der Waals surface area contributed by atoms with Crippen molar-refractivity contribution in [2.75, 3.05) is 12.3 Å². The molecule has 16 nitrogen and oxygen atoms in total. The van der Waals surface area contributed by atoms with E-state index in [2.05, 4.69) is 37.6 Å². The van der Waals surface area contributed by atoms with Crippen molar-refractivity contribution in [1.29, 1.82) is 0 Å². The van der Waals surface area contributed by atoms with Gasteiger partial charge >= 0.3 is 5.97 Å². The Labute approximate surface area is 350 Å². The van der Waals surface area contributed by atoms with Gasteiger partial charge in [0.05, 0.1) is 48.7 Å². The summed E-state index contributed by atoms with van der Waals surface area (Å²) in [5, 5.41) is 36.3. The first-order valence-corrected chi connectivity index (χ1v) is 19.9. The number of anilines is 1. The Hall–Kier alpha value is -7.52. The van der Waals surface area contributed by atoms with Crippen LogP contribution < -0.4 is 16.6 Å². The largest absolute Gasteiger partial charge is 0.464 e. The molecule has 5 N–H and O–H groups in total. The molecule has 3 aromatic carbocycles. The van der Waals surface area contributed by atoms with E-state index in [1.807, 2.05) is 30.3 Å². The molecule has 0 spiro atoms. The number of ether oxygens (including phenoxy) is 1. The maximum Gasteiger partial charge on any atom is 0.306 e. The average Bonchev–Trinajstić information content (AvgIpc) is 4.00. The van der Waals surface area contributed by atoms with Crippen molar-refractivity contribution in [3.63, 3.8) is 0 Å². The van der Waals surface area contributed by atoms with Gasteiger partial charge in [-0.3, -0.25) is 23.7 Å². The molecule has 0 aliphatic rings. The van der Waals surface area contributed by atoms with Crippen LogP contribution in [-0.4, -0.2) is 68.6 Å². The maximum absolute atomic E-state index is 14.5. The third-order valence-electron chi connectivity index (χ3n) is 9.99. The number of amides is 1. The fraction of sp³-hybridized carbons (Fsp3) is 0.182. The number of carbonyl (C=O) groups excluding carboxylic acids is 3. The number of thiophene rings is 1. The first kappa shape index (κ1) is 40.3. The number of aliphatic hydroxyl groups is 2. The molecule has 8 aromatic rings. The second-order valence-electron chi connectivity index (χ2n) is 14.0. The van der Waals surface area contributed by atoms with Crippen LogP contribution >= 0.6 is 11.3 Å². The average molecular weight is 836 g/mol. The van der Waals surface area contributed by atoms with E-state index in [0.717, 1.165) is 10.1 Å². The van der Waals surface area contributed by atoms with E-state index in [0.29, 0.717) is 55.1 Å². The lowest BCUT2D eigenvalue weighted by Gasteiger charge is -2.21. The molecule has 0 bridgehead atoms. The predicted octanol–water partition coefficient (Wildman–Crippen LogP) is 4.50. The zero-order chi connectivity index (χ0) is 42.6. The molecular formula is C44H37N9O7S. The predicted molar refractivity (Wildman–Crippen MR) is 227 cm³/mol. The molecule has 0 saturated carbocycles. The summed E-state index contributed by atoms with van der Waals surface area (Å²) >= 11 is 1.27. The van der Waals surface area contributed by atoms with Crippen LogP contribution in [0.1, 0.15) is 73.9 Å². The molecule has 61 heavy (non-hydrogen) atoms. The van der Waals surface area contributed by atoms with Gasteiger partial charge < -0.3 is 26.0 Å². The van der Waals surface area contributed by atoms with E-state index in [9.17, 15) is 29.4 Å². The highest BCUT2D eigenvalue weighted by molar-refractivity contribution is 7.20. The van der Waals surface area contributed by atoms with Gasteiger partial charge in [0.15, 0.2) is 22.9 Å². The van der Waals surface area contributed by atoms with Crippen molar-refractivity contribution in [3.05, 3.63) is 146 Å². The molecule has 0 fully saturated rings. The van der Waals surface area contributed by atoms with Gasteiger partial charge in [-0.1, -0.05) is 41.5 Å². The van der Waals surface area contributed by atoms with Gasteiger partial charge in [-0.2, -0.15) is 0 Å². The fourth-order valence-corrected chi connectivity index (χ4v) is 8.06. The Morgan fingerprint density at radius 1 is 0.951 bits per heavy atom. The molecule has 0 aliphatic heterocycles. The summed E-state index contributed by atoms with van der Waals surface area (Å²) < 4.78 is 10.6. The molecule has 1 atom stereocenters. The summed E-state index contributed by atoms with van der Waals surface area (Å²) in [7, 11) is 0. The number of benzene rings is 3. The van der Waals surface area contributed by atoms with Crippen LogP contribution in [0, 0.1) is 11.8 Å². The molecule has 5 aromatic heterocycles. The number of hydrogen-bond donors (Lipinski definition) is 4. The molecule has 17 heteroatoms. The van der Waals surface area contributed by atoms with Gasteiger partial charge in [-0.05, 0) is 83.3 Å². The molecule has 1 amide bonds. The summed E-state index contributed by atoms with van der Waals surface area (Å²) in [5.74, 6) is 4.85. The van der Waals surface area contributed by atoms with Crippen molar-refractivity contribution in [2.45, 2.75) is 45.6 Å². The smallest absolute Gasteiger partial charge is 0.306 e. The number of nitrogens with zero attached hydrogens (tertiary/aromatic N) is 7. The van der Waals surface area contributed by atoms with E-state index in [-0.39, 0.29) is 61.9 Å². The Balaban J connectivity index is 0.943. The van der Waals surface area contributed by atoms with Crippen molar-refractivity contribution in [2.24, 2.45) is 0 Å². The van der Waals surface area contributed by atoms with Crippen molar-refractivity contribution < 1.29 is 29.3 Å². The summed E-state index contributed by atoms with van der Waals surface area (Å²) in [5.41, 5.74) is 9.30. The van der Waals surface area contributed by atoms with Gasteiger partial charge in [0.2, 0.25) is 0 Å². The zero-order valence-electron chi connectivity index (χ0n) is 32.6. The van der Waals surface area contributed by atoms with Crippen molar-refractivity contribution in [1.82, 2.24) is 39.5 Å². The number of carbonyl (C=O) groups is 3. The van der Waals surface area contributed by atoms with Gasteiger partial charge in [-0.15, -0.1) is 21.5 Å². The number of rotatable bonds is 13. The quantitative estimate of drug-likeness (QED) is 0.0717. The van der Waals surface area contributed by atoms with E-state index >= 15 is 0 Å². The molecule has 8 rings (SSSR count). The van der Waals surface area contributed by atoms with Crippen LogP contribution in [-0.2, 0) is 29.3 Å². The third-order valence-corrected chi connectivity index (χ3v) is 11.1. The van der Waals surface area contributed by atoms with E-state index in [4.69, 9.17) is 10.5 Å². The molecular weight excluding hydrogens is 799 g/mol. The Kier molecular flexibility index (Phi) is 11.5. The minimum atomic E-state index is -0.661. The van der Waals surface area contributed by atoms with E-state index in [1.54, 1.807) is 78.6 Å². The molecule has 0 aliphatic carbocycles. The summed E-state index contributed by atoms with van der Waals surface area (Å²) in [6, 6.07) is 22.5. The number of aliphatic hydroxyl groups excluding tert-OH is 2. The lowest BCUT2D eigenvalue weighted by Crippen LogP contribution is -2.32. The summed E-state index contributed by atoms with van der Waals surface area (Å²) in [6.45, 7) is 1.52. The monoisotopic (exact) mass is 835 g/mol. The molecule has 0 radical (unpaired) electrons. The van der Waals surface area contributed by atoms with Crippen molar-refractivity contribution >= 4 is 61.3 Å². The van der Waals surface area contributed by atoms with Crippen LogP contribution in [0.5, 0.6) is 0 Å². The zero-order valence-corrected chi connectivity index (χ0v) is 33.4. The van der Waals surface area contributed by atoms with E-state index in [1.165, 1.54) is 20.5 Å². The highest BCUT2D eigenvalue weighted by Gasteiger charge is 2.24. The number of fused-ring (bicyclic) bond motifs is 3. The highest BCUT2D eigenvalue weighted by Crippen LogP contribution is 2.30. The Morgan fingerprint density at radius 3 is 2.56 bits per heavy atom. The first-order valence-electron chi connectivity index (χ1n) is 19.1. The van der Waals surface area contributed by atoms with Gasteiger partial charge in [-0.25, -0.2) is 14.2 Å². The third kappa shape index (κ3) is 8.36. The number of hydrogen-bond acceptors (Lipinski definition) is 13. The maximum atomic E-state index is 14.5. The van der Waals surface area contributed by atoms with Crippen molar-refractivity contribution in [3.8, 4) is 17.5 Å². The number of pyridine rings is 1. The molecule has 0 unspecified atom stereocenters. The standard InChI is InChI=1S/C44H37N9O7S/c1-26(47-43(58)40-41(45)49-52-16-6-15-46-42(40)52)34-20-28-8-5-7-27(39(28)44(59)53(34)33-9-3-2-4-10-33)11-12-32-23-51(50-48-32)17-18-60-38(57)14-13-35(56)37-21-29-19-30(24-54)31(25-55)22-36(29)61-37/h2-10,15-16,19-23,26,54-55H,13-14,17-18,24-25H2,1H3,(H2,45,49)(H,47,58)/t26-/m0/s1. The van der Waals surface area contributed by atoms with E-state index < -0.39 is 17.9 Å². The second-order valence-corrected chi connectivity index (χ2v) is 15.1. The Bertz CT molecular complexity index is 3060. The van der Waals surface area contributed by atoms with Gasteiger partial charge in [0, 0.05) is 40.5 Å². The number of Topliss-reactive ketones (excluding diaryl/α,β-unsaturated/α-hetero) is 1. The normalized spacial score (nSPS) is 11.7. The number of esters is 1. The topological polar surface area (TPSA) is 222 Å². The van der Waals surface area contributed by atoms with Crippen LogP contribution in [0.2, 0.25) is 0 Å². The van der Waals surface area contributed by atoms with Gasteiger partial charge in [0.25, 0.3) is 11.5 Å². The fourth-order valence-electron chi connectivity index (χ4n) is 6.98. The van der Waals surface area contributed by atoms with Gasteiger partial charge in [0.1, 0.15) is 12.2 Å². The number of nitrogens with two attached hydrogens (primary N) is 1. The molecule has 306 valence electrons. The van der Waals surface area contributed by atoms with Crippen LogP contribution in [0.3, 0.4) is 0 Å². The minimum absolute atomic E-state index is 0.00691. The Morgan fingerprint density at radius 2 is 1.75 bits per heavy atom. The number of para-hydroxylation sites is 1. The number of ketones is 1. The lowest BCUT2D eigenvalue weighted by molar-refractivity contribution is -0.143. The first-order chi connectivity index (χ1) is 29.6. The second kappa shape index (κ2) is 17.4. The van der Waals surface area contributed by atoms with Crippen LogP contribution in [0.4, 0.5) is 5.82 Å². The SMILES string of the molecule is C[C@H](NC(=O)c1c(N)nn2cccnc12)c1cc2cccc(C#Cc3cn(CCOC(=O)CCC(=O)c4cc5cc(CO)c(CO)cc5s4)nn3)c2c(=O)n1-c1ccccc1. The molecule has 5 heterocycles. The summed E-state index contributed by atoms with van der Waals surface area (Å²) in [4.78, 5) is 58.1. The minimum Gasteiger partial charge on any atom is -0.464 e. The number of nitrogen functional groups attached to an aromatic ring is 1. The molecule has 0 saturated heterocycles. The van der Waals surface area contributed by atoms with Crippen LogP contribution in [0.15, 0.2) is 102 Å². The number of aromatic nitrogens is 7. The lowest BCUT2D eigenvalue weighted by atomic mass is 10.0. The van der Waals surface area contributed by atoms with Crippen LogP contribution in [0.25, 0.3) is 32.2 Å². The highest BCUT2D eigenvalue weighted by atomic mass is 32.1. The number of nitrogens with one attached hydrogen (secondary N) is 1. The summed E-state index contributed by atoms with van der Waals surface area (Å²) in [6.07, 6.45) is 4.65.